The van der Waals surface area contributed by atoms with Crippen molar-refractivity contribution in [2.75, 3.05) is 6.61 Å². The minimum Gasteiger partial charge on any atom is -0.483 e. The van der Waals surface area contributed by atoms with Crippen LogP contribution in [-0.4, -0.2) is 35.4 Å². The minimum atomic E-state index is -0.631. The third kappa shape index (κ3) is 7.05. The molecule has 5 nitrogen and oxygen atoms in total. The fourth-order valence-electron chi connectivity index (χ4n) is 2.64. The Morgan fingerprint density at radius 2 is 1.86 bits per heavy atom. The third-order valence-electron chi connectivity index (χ3n) is 4.61. The molecule has 0 aliphatic heterocycles. The molecule has 0 aliphatic rings. The second kappa shape index (κ2) is 11.2. The summed E-state index contributed by atoms with van der Waals surface area (Å²) < 4.78 is 6.34. The Morgan fingerprint density at radius 3 is 2.48 bits per heavy atom. The van der Waals surface area contributed by atoms with Gasteiger partial charge in [-0.25, -0.2) is 0 Å². The lowest BCUT2D eigenvalue weighted by Gasteiger charge is -2.29. The van der Waals surface area contributed by atoms with E-state index in [0.29, 0.717) is 21.8 Å². The van der Waals surface area contributed by atoms with Gasteiger partial charge in [-0.2, -0.15) is 0 Å². The summed E-state index contributed by atoms with van der Waals surface area (Å²) in [6, 6.07) is 14.1. The van der Waals surface area contributed by atoms with E-state index in [0.717, 1.165) is 12.0 Å². The number of nitrogens with zero attached hydrogens (tertiary/aromatic N) is 1. The first-order valence-corrected chi connectivity index (χ1v) is 10.7. The van der Waals surface area contributed by atoms with Crippen molar-refractivity contribution in [1.29, 1.82) is 0 Å². The molecule has 0 saturated carbocycles. The van der Waals surface area contributed by atoms with Crippen LogP contribution < -0.4 is 10.1 Å². The van der Waals surface area contributed by atoms with E-state index in [9.17, 15) is 9.59 Å². The van der Waals surface area contributed by atoms with E-state index >= 15 is 0 Å². The summed E-state index contributed by atoms with van der Waals surface area (Å²) in [5.41, 5.74) is 0.941. The molecule has 2 rings (SSSR count). The summed E-state index contributed by atoms with van der Waals surface area (Å²) in [6.07, 6.45) is 0.818. The van der Waals surface area contributed by atoms with Gasteiger partial charge in [-0.3, -0.25) is 9.59 Å². The predicted octanol–water partition coefficient (Wildman–Crippen LogP) is 4.81. The van der Waals surface area contributed by atoms with Crippen LogP contribution in [0.3, 0.4) is 0 Å². The van der Waals surface area contributed by atoms with E-state index in [-0.39, 0.29) is 24.5 Å². The van der Waals surface area contributed by atoms with Gasteiger partial charge in [0.25, 0.3) is 5.91 Å². The molecule has 0 unspecified atom stereocenters. The molecular formula is C22H26BrClN2O3. The van der Waals surface area contributed by atoms with E-state index in [2.05, 4.69) is 21.2 Å². The van der Waals surface area contributed by atoms with Crippen molar-refractivity contribution < 1.29 is 14.3 Å². The number of nitrogens with one attached hydrogen (secondary N) is 1. The summed E-state index contributed by atoms with van der Waals surface area (Å²) >= 11 is 9.32. The molecule has 1 N–H and O–H groups in total. The number of halogens is 2. The summed E-state index contributed by atoms with van der Waals surface area (Å²) in [5, 5.41) is 3.51. The van der Waals surface area contributed by atoms with E-state index in [4.69, 9.17) is 16.3 Å². The largest absolute Gasteiger partial charge is 0.483 e. The number of carbonyl (C=O) groups excluding carboxylic acids is 2. The molecule has 2 aromatic rings. The quantitative estimate of drug-likeness (QED) is 0.559. The number of carbonyl (C=O) groups is 2. The summed E-state index contributed by atoms with van der Waals surface area (Å²) in [6.45, 7) is 5.81. The number of amides is 2. The highest BCUT2D eigenvalue weighted by Crippen LogP contribution is 2.28. The third-order valence-corrected chi connectivity index (χ3v) is 5.46. The highest BCUT2D eigenvalue weighted by molar-refractivity contribution is 9.10. The van der Waals surface area contributed by atoms with Gasteiger partial charge < -0.3 is 15.0 Å². The van der Waals surface area contributed by atoms with Crippen LogP contribution in [-0.2, 0) is 16.1 Å². The van der Waals surface area contributed by atoms with E-state index < -0.39 is 6.04 Å². The van der Waals surface area contributed by atoms with Crippen LogP contribution in [0.4, 0.5) is 0 Å². The van der Waals surface area contributed by atoms with Gasteiger partial charge in [0.1, 0.15) is 11.8 Å². The Labute approximate surface area is 185 Å². The maximum absolute atomic E-state index is 13.0. The zero-order valence-electron chi connectivity index (χ0n) is 16.8. The second-order valence-electron chi connectivity index (χ2n) is 6.86. The minimum absolute atomic E-state index is 0.0416. The number of ether oxygens (including phenoxy) is 1. The first kappa shape index (κ1) is 23.2. The number of hydrogen-bond acceptors (Lipinski definition) is 3. The highest BCUT2D eigenvalue weighted by atomic mass is 79.9. The Bertz CT molecular complexity index is 832. The fourth-order valence-corrected chi connectivity index (χ4v) is 3.44. The SMILES string of the molecule is CC[C@H](C)NC(=O)[C@H](C)N(Cc1ccccc1)C(=O)COc1ccc(Cl)cc1Br. The average molecular weight is 482 g/mol. The van der Waals surface area contributed by atoms with Crippen LogP contribution in [0.15, 0.2) is 53.0 Å². The molecule has 0 bridgehead atoms. The Morgan fingerprint density at radius 1 is 1.17 bits per heavy atom. The highest BCUT2D eigenvalue weighted by Gasteiger charge is 2.27. The smallest absolute Gasteiger partial charge is 0.261 e. The monoisotopic (exact) mass is 480 g/mol. The molecule has 0 aliphatic carbocycles. The summed E-state index contributed by atoms with van der Waals surface area (Å²) in [7, 11) is 0. The van der Waals surface area contributed by atoms with Crippen LogP contribution >= 0.6 is 27.5 Å². The second-order valence-corrected chi connectivity index (χ2v) is 8.16. The maximum Gasteiger partial charge on any atom is 0.261 e. The van der Waals surface area contributed by atoms with Gasteiger partial charge in [0.15, 0.2) is 6.61 Å². The van der Waals surface area contributed by atoms with Gasteiger partial charge in [0.2, 0.25) is 5.91 Å². The van der Waals surface area contributed by atoms with Gasteiger partial charge in [0, 0.05) is 17.6 Å². The van der Waals surface area contributed by atoms with Gasteiger partial charge in [0.05, 0.1) is 4.47 Å². The Balaban J connectivity index is 2.14. The van der Waals surface area contributed by atoms with Gasteiger partial charge >= 0.3 is 0 Å². The molecule has 0 radical (unpaired) electrons. The van der Waals surface area contributed by atoms with Crippen LogP contribution in [0.2, 0.25) is 5.02 Å². The first-order chi connectivity index (χ1) is 13.8. The molecule has 0 heterocycles. The topological polar surface area (TPSA) is 58.6 Å². The molecule has 2 atom stereocenters. The lowest BCUT2D eigenvalue weighted by atomic mass is 10.1. The van der Waals surface area contributed by atoms with E-state index in [1.165, 1.54) is 4.90 Å². The van der Waals surface area contributed by atoms with Crippen LogP contribution in [0.5, 0.6) is 5.75 Å². The molecule has 0 fully saturated rings. The lowest BCUT2D eigenvalue weighted by Crippen LogP contribution is -2.50. The molecule has 2 aromatic carbocycles. The van der Waals surface area contributed by atoms with Crippen molar-refractivity contribution in [1.82, 2.24) is 10.2 Å². The van der Waals surface area contributed by atoms with Crippen molar-refractivity contribution >= 4 is 39.3 Å². The zero-order chi connectivity index (χ0) is 21.4. The molecule has 0 spiro atoms. The van der Waals surface area contributed by atoms with Crippen molar-refractivity contribution in [3.8, 4) is 5.75 Å². The van der Waals surface area contributed by atoms with Crippen molar-refractivity contribution in [2.24, 2.45) is 0 Å². The lowest BCUT2D eigenvalue weighted by molar-refractivity contribution is -0.142. The van der Waals surface area contributed by atoms with E-state index in [1.807, 2.05) is 44.2 Å². The van der Waals surface area contributed by atoms with Crippen molar-refractivity contribution in [3.63, 3.8) is 0 Å². The molecular weight excluding hydrogens is 456 g/mol. The van der Waals surface area contributed by atoms with Crippen LogP contribution in [0, 0.1) is 0 Å². The Kier molecular flexibility index (Phi) is 8.99. The molecule has 7 heteroatoms. The number of benzene rings is 2. The van der Waals surface area contributed by atoms with Gasteiger partial charge in [-0.05, 0) is 60.0 Å². The molecule has 0 saturated heterocycles. The zero-order valence-corrected chi connectivity index (χ0v) is 19.2. The fraction of sp³-hybridized carbons (Fsp3) is 0.364. The maximum atomic E-state index is 13.0. The number of hydrogen-bond donors (Lipinski definition) is 1. The molecule has 29 heavy (non-hydrogen) atoms. The van der Waals surface area contributed by atoms with Gasteiger partial charge in [-0.1, -0.05) is 48.9 Å². The predicted molar refractivity (Wildman–Crippen MR) is 119 cm³/mol. The van der Waals surface area contributed by atoms with Crippen LogP contribution in [0.25, 0.3) is 0 Å². The standard InChI is InChI=1S/C22H26BrClN2O3/c1-4-15(2)25-22(28)16(3)26(13-17-8-6-5-7-9-17)21(27)14-29-20-11-10-18(24)12-19(20)23/h5-12,15-16H,4,13-14H2,1-3H3,(H,25,28)/t15-,16-/m0/s1. The summed E-state index contributed by atoms with van der Waals surface area (Å²) in [4.78, 5) is 27.2. The normalized spacial score (nSPS) is 12.7. The Hall–Kier alpha value is -2.05. The first-order valence-electron chi connectivity index (χ1n) is 9.53. The van der Waals surface area contributed by atoms with Crippen molar-refractivity contribution in [2.45, 2.75) is 45.8 Å². The van der Waals surface area contributed by atoms with Crippen molar-refractivity contribution in [3.05, 3.63) is 63.6 Å². The average Bonchev–Trinajstić information content (AvgIpc) is 2.71. The van der Waals surface area contributed by atoms with Gasteiger partial charge in [-0.15, -0.1) is 0 Å². The van der Waals surface area contributed by atoms with Crippen LogP contribution in [0.1, 0.15) is 32.8 Å². The molecule has 156 valence electrons. The number of rotatable bonds is 9. The summed E-state index contributed by atoms with van der Waals surface area (Å²) in [5.74, 6) is 0.0536. The van der Waals surface area contributed by atoms with E-state index in [1.54, 1.807) is 25.1 Å². The molecule has 0 aromatic heterocycles. The molecule has 2 amide bonds.